The molecule has 0 aliphatic carbocycles. The van der Waals surface area contributed by atoms with Crippen LogP contribution in [0.15, 0.2) is 83.9 Å². The first-order valence-electron chi connectivity index (χ1n) is 11.1. The largest absolute Gasteiger partial charge is 0.433 e. The number of benzene rings is 2. The summed E-state index contributed by atoms with van der Waals surface area (Å²) < 4.78 is 68.4. The second-order valence-corrected chi connectivity index (χ2v) is 10.1. The van der Waals surface area contributed by atoms with Gasteiger partial charge in [-0.3, -0.25) is 4.98 Å². The van der Waals surface area contributed by atoms with Crippen LogP contribution in [0.2, 0.25) is 0 Å². The molecule has 37 heavy (non-hydrogen) atoms. The number of aromatic nitrogens is 4. The number of anilines is 2. The van der Waals surface area contributed by atoms with Gasteiger partial charge in [-0.15, -0.1) is 0 Å². The van der Waals surface area contributed by atoms with E-state index < -0.39 is 21.9 Å². The summed E-state index contributed by atoms with van der Waals surface area (Å²) in [6, 6.07) is 19.3. The summed E-state index contributed by atoms with van der Waals surface area (Å²) in [5.41, 5.74) is 0.664. The Morgan fingerprint density at radius 2 is 1.59 bits per heavy atom. The van der Waals surface area contributed by atoms with Gasteiger partial charge in [0, 0.05) is 23.1 Å². The number of pyridine rings is 1. The summed E-state index contributed by atoms with van der Waals surface area (Å²) in [6.45, 7) is 3.32. The third-order valence-corrected chi connectivity index (χ3v) is 7.70. The van der Waals surface area contributed by atoms with Crippen LogP contribution in [0.25, 0.3) is 22.4 Å². The van der Waals surface area contributed by atoms with Gasteiger partial charge in [0.2, 0.25) is 0 Å². The lowest BCUT2D eigenvalue weighted by Crippen LogP contribution is -2.16. The van der Waals surface area contributed by atoms with E-state index in [0.29, 0.717) is 22.2 Å². The fourth-order valence-corrected chi connectivity index (χ4v) is 5.76. The van der Waals surface area contributed by atoms with Crippen LogP contribution in [0.3, 0.4) is 0 Å². The Bertz CT molecular complexity index is 1730. The smallest absolute Gasteiger partial charge is 0.339 e. The molecular weight excluding hydrogens is 503 g/mol. The van der Waals surface area contributed by atoms with Gasteiger partial charge < -0.3 is 5.32 Å². The van der Waals surface area contributed by atoms with Crippen LogP contribution < -0.4 is 5.32 Å². The van der Waals surface area contributed by atoms with Crippen LogP contribution in [-0.4, -0.2) is 27.3 Å². The molecule has 0 atom stereocenters. The lowest BCUT2D eigenvalue weighted by molar-refractivity contribution is -0.141. The molecule has 0 unspecified atom stereocenters. The van der Waals surface area contributed by atoms with Gasteiger partial charge in [-0.05, 0) is 43.7 Å². The normalized spacial score (nSPS) is 12.1. The van der Waals surface area contributed by atoms with Gasteiger partial charge in [0.15, 0.2) is 11.5 Å². The number of alkyl halides is 3. The maximum absolute atomic E-state index is 13.8. The van der Waals surface area contributed by atoms with Crippen molar-refractivity contribution < 1.29 is 21.6 Å². The van der Waals surface area contributed by atoms with E-state index in [-0.39, 0.29) is 27.9 Å². The molecule has 0 saturated heterocycles. The minimum Gasteiger partial charge on any atom is -0.339 e. The van der Waals surface area contributed by atoms with Crippen molar-refractivity contribution in [2.45, 2.75) is 24.9 Å². The van der Waals surface area contributed by atoms with Crippen LogP contribution in [0.1, 0.15) is 17.0 Å². The zero-order valence-electron chi connectivity index (χ0n) is 19.7. The topological polar surface area (TPSA) is 89.8 Å². The molecule has 0 bridgehead atoms. The molecule has 2 aromatic carbocycles. The van der Waals surface area contributed by atoms with Gasteiger partial charge in [0.25, 0.3) is 10.0 Å². The molecule has 188 valence electrons. The minimum absolute atomic E-state index is 0.0912. The van der Waals surface area contributed by atoms with Crippen molar-refractivity contribution >= 4 is 32.6 Å². The molecule has 3 aromatic heterocycles. The lowest BCUT2D eigenvalue weighted by Gasteiger charge is -2.14. The molecule has 0 spiro atoms. The summed E-state index contributed by atoms with van der Waals surface area (Å²) in [4.78, 5) is 12.7. The molecule has 0 aliphatic rings. The number of halogens is 3. The molecular formula is C26H20F3N5O2S. The fourth-order valence-electron chi connectivity index (χ4n) is 4.04. The Balaban J connectivity index is 1.75. The average molecular weight is 524 g/mol. The van der Waals surface area contributed by atoms with E-state index in [0.717, 1.165) is 16.2 Å². The van der Waals surface area contributed by atoms with Gasteiger partial charge in [0.1, 0.15) is 11.5 Å². The molecule has 3 heterocycles. The van der Waals surface area contributed by atoms with Gasteiger partial charge in [-0.2, -0.15) is 13.2 Å². The quantitative estimate of drug-likeness (QED) is 0.299. The predicted octanol–water partition coefficient (Wildman–Crippen LogP) is 6.11. The number of fused-ring (bicyclic) bond motifs is 1. The number of hydrogen-bond donors (Lipinski definition) is 1. The van der Waals surface area contributed by atoms with Crippen molar-refractivity contribution in [3.63, 3.8) is 0 Å². The minimum atomic E-state index is -4.63. The van der Waals surface area contributed by atoms with Crippen molar-refractivity contribution in [2.75, 3.05) is 5.32 Å². The van der Waals surface area contributed by atoms with E-state index in [1.165, 1.54) is 12.1 Å². The van der Waals surface area contributed by atoms with E-state index in [4.69, 9.17) is 0 Å². The summed E-state index contributed by atoms with van der Waals surface area (Å²) in [7, 11) is -4.06. The Kier molecular flexibility index (Phi) is 5.95. The molecule has 0 saturated carbocycles. The highest BCUT2D eigenvalue weighted by atomic mass is 32.2. The summed E-state index contributed by atoms with van der Waals surface area (Å²) >= 11 is 0. The van der Waals surface area contributed by atoms with Crippen LogP contribution >= 0.6 is 0 Å². The van der Waals surface area contributed by atoms with E-state index in [1.54, 1.807) is 62.4 Å². The standard InChI is InChI=1S/C26H20F3N5O2S/c1-16-8-6-7-11-21(16)37(35,36)34-17(2)14-20-24(31-19-12-13-30-22(15-19)26(27,28)29)32-23(33-25(20)34)18-9-4-3-5-10-18/h3-15H,1-2H3,(H,30,31,32,33). The summed E-state index contributed by atoms with van der Waals surface area (Å²) in [5, 5.41) is 3.25. The summed E-state index contributed by atoms with van der Waals surface area (Å²) in [5.74, 6) is 0.366. The molecule has 5 rings (SSSR count). The lowest BCUT2D eigenvalue weighted by atomic mass is 10.2. The molecule has 1 N–H and O–H groups in total. The Labute approximate surface area is 210 Å². The molecule has 0 radical (unpaired) electrons. The first-order chi connectivity index (χ1) is 17.6. The highest BCUT2D eigenvalue weighted by Gasteiger charge is 2.32. The first kappa shape index (κ1) is 24.4. The van der Waals surface area contributed by atoms with Crippen molar-refractivity contribution in [3.05, 3.63) is 95.9 Å². The van der Waals surface area contributed by atoms with Gasteiger partial charge in [-0.25, -0.2) is 22.4 Å². The molecule has 7 nitrogen and oxygen atoms in total. The second-order valence-electron chi connectivity index (χ2n) is 8.37. The van der Waals surface area contributed by atoms with Crippen LogP contribution in [-0.2, 0) is 16.2 Å². The Hall–Kier alpha value is -4.25. The Morgan fingerprint density at radius 1 is 0.892 bits per heavy atom. The van der Waals surface area contributed by atoms with Crippen LogP contribution in [0.5, 0.6) is 0 Å². The SMILES string of the molecule is Cc1ccccc1S(=O)(=O)n1c(C)cc2c(Nc3ccnc(C(F)(F)F)c3)nc(-c3ccccc3)nc21. The van der Waals surface area contributed by atoms with E-state index in [9.17, 15) is 21.6 Å². The molecule has 0 fully saturated rings. The Morgan fingerprint density at radius 3 is 2.30 bits per heavy atom. The second kappa shape index (κ2) is 9.00. The van der Waals surface area contributed by atoms with Crippen LogP contribution in [0.4, 0.5) is 24.7 Å². The maximum Gasteiger partial charge on any atom is 0.433 e. The number of aryl methyl sites for hydroxylation is 2. The number of nitrogens with one attached hydrogen (secondary N) is 1. The van der Waals surface area contributed by atoms with E-state index in [1.807, 2.05) is 6.07 Å². The van der Waals surface area contributed by atoms with E-state index >= 15 is 0 Å². The zero-order chi connectivity index (χ0) is 26.4. The first-order valence-corrected chi connectivity index (χ1v) is 12.6. The number of rotatable bonds is 5. The van der Waals surface area contributed by atoms with Crippen molar-refractivity contribution in [1.82, 2.24) is 18.9 Å². The van der Waals surface area contributed by atoms with Crippen molar-refractivity contribution in [1.29, 1.82) is 0 Å². The van der Waals surface area contributed by atoms with Gasteiger partial charge in [0.05, 0.1) is 10.3 Å². The van der Waals surface area contributed by atoms with Crippen molar-refractivity contribution in [3.8, 4) is 11.4 Å². The third kappa shape index (κ3) is 4.53. The highest BCUT2D eigenvalue weighted by Crippen LogP contribution is 2.34. The monoisotopic (exact) mass is 523 g/mol. The number of hydrogen-bond acceptors (Lipinski definition) is 6. The van der Waals surface area contributed by atoms with Gasteiger partial charge in [-0.1, -0.05) is 48.5 Å². The van der Waals surface area contributed by atoms with Crippen LogP contribution in [0, 0.1) is 13.8 Å². The average Bonchev–Trinajstić information content (AvgIpc) is 3.21. The van der Waals surface area contributed by atoms with Crippen molar-refractivity contribution in [2.24, 2.45) is 0 Å². The predicted molar refractivity (Wildman–Crippen MR) is 134 cm³/mol. The zero-order valence-corrected chi connectivity index (χ0v) is 20.5. The highest BCUT2D eigenvalue weighted by molar-refractivity contribution is 7.90. The third-order valence-electron chi connectivity index (χ3n) is 5.75. The summed E-state index contributed by atoms with van der Waals surface area (Å²) in [6.07, 6.45) is -3.59. The maximum atomic E-state index is 13.8. The molecule has 5 aromatic rings. The fraction of sp³-hybridized carbons (Fsp3) is 0.115. The molecule has 11 heteroatoms. The van der Waals surface area contributed by atoms with E-state index in [2.05, 4.69) is 20.3 Å². The molecule has 0 amide bonds. The van der Waals surface area contributed by atoms with Gasteiger partial charge >= 0.3 is 6.18 Å². The molecule has 0 aliphatic heterocycles. The number of nitrogens with zero attached hydrogens (tertiary/aromatic N) is 4.